The summed E-state index contributed by atoms with van der Waals surface area (Å²) >= 11 is 0. The molecule has 13 heteroatoms. The first-order valence-electron chi connectivity index (χ1n) is 12.1. The standard InChI is InChI=1S/C24H33F3N6O4/c1-16-12-32(17(2)14-34)22(35)9-6-10-33-18(11-28-30-33)15-37-21(16)13-31(3)23(36)29-20-8-5-4-7-19(20)24(25,26)27/h4-5,7-8,11,16-17,21,34H,6,9-10,12-15H2,1-3H3,(H,29,36)/t16-,17-,21+/m1/s1. The quantitative estimate of drug-likeness (QED) is 0.620. The molecule has 3 amide bonds. The number of hydrogen-bond acceptors (Lipinski definition) is 6. The van der Waals surface area contributed by atoms with E-state index in [0.717, 1.165) is 6.07 Å². The highest BCUT2D eigenvalue weighted by Gasteiger charge is 2.34. The molecule has 10 nitrogen and oxygen atoms in total. The number of carbonyl (C=O) groups is 2. The smallest absolute Gasteiger partial charge is 0.394 e. The maximum atomic E-state index is 13.4. The highest BCUT2D eigenvalue weighted by molar-refractivity contribution is 5.90. The number of urea groups is 1. The Bertz CT molecular complexity index is 1060. The highest BCUT2D eigenvalue weighted by atomic mass is 19.4. The third kappa shape index (κ3) is 7.41. The van der Waals surface area contributed by atoms with Crippen molar-refractivity contribution in [2.24, 2.45) is 5.92 Å². The van der Waals surface area contributed by atoms with Gasteiger partial charge in [0.2, 0.25) is 5.91 Å². The molecule has 1 aliphatic rings. The van der Waals surface area contributed by atoms with Gasteiger partial charge in [-0.2, -0.15) is 13.2 Å². The summed E-state index contributed by atoms with van der Waals surface area (Å²) in [6.45, 7) is 4.33. The van der Waals surface area contributed by atoms with Crippen LogP contribution in [0.5, 0.6) is 0 Å². The highest BCUT2D eigenvalue weighted by Crippen LogP contribution is 2.34. The Morgan fingerprint density at radius 1 is 1.35 bits per heavy atom. The van der Waals surface area contributed by atoms with Crippen LogP contribution < -0.4 is 5.32 Å². The van der Waals surface area contributed by atoms with Crippen molar-refractivity contribution in [2.75, 3.05) is 32.1 Å². The van der Waals surface area contributed by atoms with E-state index in [1.165, 1.54) is 30.1 Å². The van der Waals surface area contributed by atoms with Gasteiger partial charge in [0.25, 0.3) is 0 Å². The van der Waals surface area contributed by atoms with Gasteiger partial charge in [-0.1, -0.05) is 24.3 Å². The molecule has 204 valence electrons. The fraction of sp³-hybridized carbons (Fsp3) is 0.583. The molecule has 1 aromatic heterocycles. The molecule has 1 aliphatic heterocycles. The van der Waals surface area contributed by atoms with Crippen molar-refractivity contribution in [1.29, 1.82) is 0 Å². The number of nitrogens with one attached hydrogen (secondary N) is 1. The molecule has 0 unspecified atom stereocenters. The number of anilines is 1. The molecule has 2 N–H and O–H groups in total. The molecule has 0 spiro atoms. The van der Waals surface area contributed by atoms with E-state index in [4.69, 9.17) is 4.74 Å². The number of para-hydroxylation sites is 1. The Hall–Kier alpha value is -3.19. The van der Waals surface area contributed by atoms with Crippen LogP contribution in [0.1, 0.15) is 37.9 Å². The molecule has 0 radical (unpaired) electrons. The van der Waals surface area contributed by atoms with Crippen molar-refractivity contribution in [3.63, 3.8) is 0 Å². The van der Waals surface area contributed by atoms with Crippen LogP contribution in [0.3, 0.4) is 0 Å². The third-order valence-corrected chi connectivity index (χ3v) is 6.41. The normalized spacial score (nSPS) is 20.4. The Kier molecular flexibility index (Phi) is 9.49. The van der Waals surface area contributed by atoms with Gasteiger partial charge in [-0.05, 0) is 25.5 Å². The molecule has 2 aromatic rings. The van der Waals surface area contributed by atoms with E-state index >= 15 is 0 Å². The second-order valence-electron chi connectivity index (χ2n) is 9.31. The van der Waals surface area contributed by atoms with Gasteiger partial charge in [0.05, 0.1) is 48.5 Å². The average Bonchev–Trinajstić information content (AvgIpc) is 3.30. The van der Waals surface area contributed by atoms with E-state index in [-0.39, 0.29) is 50.2 Å². The number of carbonyl (C=O) groups excluding carboxylic acids is 2. The number of hydrogen-bond donors (Lipinski definition) is 2. The molecule has 0 saturated carbocycles. The van der Waals surface area contributed by atoms with Crippen LogP contribution in [-0.4, -0.2) is 80.7 Å². The lowest BCUT2D eigenvalue weighted by Crippen LogP contribution is -2.48. The summed E-state index contributed by atoms with van der Waals surface area (Å²) in [4.78, 5) is 28.6. The second-order valence-corrected chi connectivity index (χ2v) is 9.31. The topological polar surface area (TPSA) is 113 Å². The number of ether oxygens (including phenoxy) is 1. The molecule has 1 aromatic carbocycles. The van der Waals surface area contributed by atoms with Gasteiger partial charge in [0, 0.05) is 39.0 Å². The zero-order chi connectivity index (χ0) is 27.2. The van der Waals surface area contributed by atoms with Gasteiger partial charge in [0.1, 0.15) is 0 Å². The Morgan fingerprint density at radius 3 is 2.78 bits per heavy atom. The van der Waals surface area contributed by atoms with Crippen LogP contribution in [0.15, 0.2) is 30.5 Å². The number of likely N-dealkylation sites (N-methyl/N-ethyl adjacent to an activating group) is 1. The third-order valence-electron chi connectivity index (χ3n) is 6.41. The molecule has 3 rings (SSSR count). The van der Waals surface area contributed by atoms with E-state index in [1.807, 2.05) is 6.92 Å². The second kappa shape index (κ2) is 12.4. The predicted molar refractivity (Wildman–Crippen MR) is 128 cm³/mol. The van der Waals surface area contributed by atoms with Gasteiger partial charge in [0.15, 0.2) is 0 Å². The van der Waals surface area contributed by atoms with Crippen LogP contribution in [0.2, 0.25) is 0 Å². The number of rotatable bonds is 5. The maximum Gasteiger partial charge on any atom is 0.418 e. The molecule has 37 heavy (non-hydrogen) atoms. The summed E-state index contributed by atoms with van der Waals surface area (Å²) in [6, 6.07) is 3.61. The number of halogens is 3. The van der Waals surface area contributed by atoms with Crippen molar-refractivity contribution in [1.82, 2.24) is 24.8 Å². The van der Waals surface area contributed by atoms with E-state index in [1.54, 1.807) is 22.7 Å². The first-order valence-corrected chi connectivity index (χ1v) is 12.1. The first-order chi connectivity index (χ1) is 17.5. The van der Waals surface area contributed by atoms with E-state index in [0.29, 0.717) is 18.7 Å². The number of alkyl halides is 3. The van der Waals surface area contributed by atoms with Gasteiger partial charge >= 0.3 is 12.2 Å². The van der Waals surface area contributed by atoms with Crippen molar-refractivity contribution in [3.8, 4) is 0 Å². The van der Waals surface area contributed by atoms with Gasteiger partial charge in [-0.3, -0.25) is 4.79 Å². The summed E-state index contributed by atoms with van der Waals surface area (Å²) in [5, 5.41) is 20.0. The van der Waals surface area contributed by atoms with Gasteiger partial charge < -0.3 is 25.0 Å². The summed E-state index contributed by atoms with van der Waals surface area (Å²) in [7, 11) is 1.46. The van der Waals surface area contributed by atoms with E-state index in [2.05, 4.69) is 15.6 Å². The molecule has 0 aliphatic carbocycles. The number of aromatic nitrogens is 3. The lowest BCUT2D eigenvalue weighted by atomic mass is 10.0. The molecule has 2 heterocycles. The number of aryl methyl sites for hydroxylation is 1. The Morgan fingerprint density at radius 2 is 2.08 bits per heavy atom. The van der Waals surface area contributed by atoms with Crippen molar-refractivity contribution < 1.29 is 32.6 Å². The zero-order valence-electron chi connectivity index (χ0n) is 21.1. The van der Waals surface area contributed by atoms with E-state index in [9.17, 15) is 27.9 Å². The summed E-state index contributed by atoms with van der Waals surface area (Å²) in [6.07, 6.45) is -2.82. The monoisotopic (exact) mass is 526 g/mol. The lowest BCUT2D eigenvalue weighted by molar-refractivity contribution is -0.137. The Labute approximate surface area is 213 Å². The maximum absolute atomic E-state index is 13.4. The number of amides is 3. The SMILES string of the molecule is C[C@@H]1CN([C@H](C)CO)C(=O)CCCn2nncc2CO[C@H]1CN(C)C(=O)Nc1ccccc1C(F)(F)F. The number of fused-ring (bicyclic) bond motifs is 1. The average molecular weight is 527 g/mol. The fourth-order valence-electron chi connectivity index (χ4n) is 4.15. The summed E-state index contributed by atoms with van der Waals surface area (Å²) in [5.74, 6) is -0.399. The van der Waals surface area contributed by atoms with Crippen LogP contribution in [0, 0.1) is 5.92 Å². The lowest BCUT2D eigenvalue weighted by Gasteiger charge is -2.35. The van der Waals surface area contributed by atoms with Crippen molar-refractivity contribution >= 4 is 17.6 Å². The minimum Gasteiger partial charge on any atom is -0.394 e. The number of aliphatic hydroxyl groups is 1. The first kappa shape index (κ1) is 28.4. The van der Waals surface area contributed by atoms with Crippen molar-refractivity contribution in [2.45, 2.75) is 58.2 Å². The minimum atomic E-state index is -4.62. The summed E-state index contributed by atoms with van der Waals surface area (Å²) < 4.78 is 47.9. The number of benzene rings is 1. The number of nitrogens with zero attached hydrogens (tertiary/aromatic N) is 5. The molecular weight excluding hydrogens is 493 g/mol. The molecule has 3 atom stereocenters. The van der Waals surface area contributed by atoms with Crippen LogP contribution in [-0.2, 0) is 28.9 Å². The van der Waals surface area contributed by atoms with Crippen LogP contribution in [0.4, 0.5) is 23.7 Å². The van der Waals surface area contributed by atoms with Gasteiger partial charge in [-0.25, -0.2) is 9.48 Å². The van der Waals surface area contributed by atoms with Crippen molar-refractivity contribution in [3.05, 3.63) is 41.7 Å². The molecular formula is C24H33F3N6O4. The predicted octanol–water partition coefficient (Wildman–Crippen LogP) is 2.99. The fourth-order valence-corrected chi connectivity index (χ4v) is 4.15. The van der Waals surface area contributed by atoms with Crippen LogP contribution >= 0.6 is 0 Å². The zero-order valence-corrected chi connectivity index (χ0v) is 21.1. The van der Waals surface area contributed by atoms with E-state index < -0.39 is 29.9 Å². The molecule has 0 saturated heterocycles. The summed E-state index contributed by atoms with van der Waals surface area (Å²) in [5.41, 5.74) is -0.583. The Balaban J connectivity index is 1.79. The molecule has 0 bridgehead atoms. The largest absolute Gasteiger partial charge is 0.418 e. The minimum absolute atomic E-state index is 0.0400. The van der Waals surface area contributed by atoms with Crippen LogP contribution in [0.25, 0.3) is 0 Å². The molecule has 0 fully saturated rings. The number of aliphatic hydroxyl groups excluding tert-OH is 1. The van der Waals surface area contributed by atoms with Gasteiger partial charge in [-0.15, -0.1) is 5.10 Å².